The second-order valence-corrected chi connectivity index (χ2v) is 4.55. The van der Waals surface area contributed by atoms with E-state index in [0.717, 1.165) is 0 Å². The molecule has 0 fully saturated rings. The number of carbonyl (C=O) groups excluding carboxylic acids is 2. The summed E-state index contributed by atoms with van der Waals surface area (Å²) in [6.45, 7) is 3.47. The lowest BCUT2D eigenvalue weighted by Crippen LogP contribution is -2.46. The number of hydrogen-bond donors (Lipinski definition) is 0. The van der Waals surface area contributed by atoms with E-state index in [-0.39, 0.29) is 5.78 Å². The summed E-state index contributed by atoms with van der Waals surface area (Å²) < 4.78 is 10.7. The number of Topliss-reactive ketones (excluding diaryl/α,β-unsaturated/α-hetero) is 1. The average molecular weight is 234 g/mol. The largest absolute Gasteiger partial charge is 0.497 e. The summed E-state index contributed by atoms with van der Waals surface area (Å²) in [4.78, 5) is 23.2. The fraction of sp³-hybridized carbons (Fsp3) is 0.385. The molecule has 0 saturated heterocycles. The van der Waals surface area contributed by atoms with Gasteiger partial charge >= 0.3 is 0 Å². The SMILES string of the molecule is COc1ccc2c(c1)C(=O)C(C=O)C(C)(C)O2. The normalized spacial score (nSPS) is 21.4. The Morgan fingerprint density at radius 2 is 2.12 bits per heavy atom. The van der Waals surface area contributed by atoms with Gasteiger partial charge in [0.05, 0.1) is 12.7 Å². The minimum absolute atomic E-state index is 0.217. The van der Waals surface area contributed by atoms with Crippen LogP contribution in [0.5, 0.6) is 11.5 Å². The molecule has 0 N–H and O–H groups in total. The number of rotatable bonds is 2. The third-order valence-electron chi connectivity index (χ3n) is 2.99. The zero-order valence-electron chi connectivity index (χ0n) is 10.0. The molecule has 0 amide bonds. The highest BCUT2D eigenvalue weighted by atomic mass is 16.5. The molecule has 0 radical (unpaired) electrons. The zero-order valence-corrected chi connectivity index (χ0v) is 10.0. The van der Waals surface area contributed by atoms with Gasteiger partial charge in [0.15, 0.2) is 5.78 Å². The summed E-state index contributed by atoms with van der Waals surface area (Å²) in [6.07, 6.45) is 0.644. The van der Waals surface area contributed by atoms with E-state index < -0.39 is 11.5 Å². The van der Waals surface area contributed by atoms with Crippen LogP contribution in [0.1, 0.15) is 24.2 Å². The first-order valence-electron chi connectivity index (χ1n) is 5.36. The molecule has 0 spiro atoms. The highest BCUT2D eigenvalue weighted by molar-refractivity contribution is 6.09. The minimum atomic E-state index is -0.805. The molecule has 0 saturated carbocycles. The van der Waals surface area contributed by atoms with E-state index in [1.54, 1.807) is 32.0 Å². The van der Waals surface area contributed by atoms with Crippen LogP contribution in [0.15, 0.2) is 18.2 Å². The third kappa shape index (κ3) is 1.79. The van der Waals surface area contributed by atoms with Gasteiger partial charge in [-0.2, -0.15) is 0 Å². The maximum absolute atomic E-state index is 12.2. The Labute approximate surface area is 99.5 Å². The van der Waals surface area contributed by atoms with Gasteiger partial charge in [-0.05, 0) is 32.0 Å². The van der Waals surface area contributed by atoms with Crippen molar-refractivity contribution in [1.29, 1.82) is 0 Å². The molecule has 1 atom stereocenters. The lowest BCUT2D eigenvalue weighted by molar-refractivity contribution is -0.114. The highest BCUT2D eigenvalue weighted by Gasteiger charge is 2.43. The van der Waals surface area contributed by atoms with Gasteiger partial charge in [-0.1, -0.05) is 0 Å². The van der Waals surface area contributed by atoms with Crippen molar-refractivity contribution in [1.82, 2.24) is 0 Å². The van der Waals surface area contributed by atoms with Crippen LogP contribution in [0.3, 0.4) is 0 Å². The van der Waals surface area contributed by atoms with Crippen molar-refractivity contribution in [2.75, 3.05) is 7.11 Å². The molecule has 1 aromatic carbocycles. The van der Waals surface area contributed by atoms with E-state index in [2.05, 4.69) is 0 Å². The van der Waals surface area contributed by atoms with E-state index in [1.165, 1.54) is 7.11 Å². The van der Waals surface area contributed by atoms with Crippen molar-refractivity contribution in [2.45, 2.75) is 19.4 Å². The standard InChI is InChI=1S/C13H14O4/c1-13(2)10(7-14)12(15)9-6-8(16-3)4-5-11(9)17-13/h4-7,10H,1-3H3. The molecule has 4 heteroatoms. The first-order chi connectivity index (χ1) is 7.99. The number of benzene rings is 1. The Hall–Kier alpha value is -1.84. The molecule has 0 aliphatic carbocycles. The van der Waals surface area contributed by atoms with Gasteiger partial charge in [-0.3, -0.25) is 4.79 Å². The van der Waals surface area contributed by atoms with Gasteiger partial charge in [-0.25, -0.2) is 0 Å². The van der Waals surface area contributed by atoms with Crippen molar-refractivity contribution in [3.8, 4) is 11.5 Å². The number of carbonyl (C=O) groups is 2. The van der Waals surface area contributed by atoms with Gasteiger partial charge in [0, 0.05) is 0 Å². The number of ketones is 1. The van der Waals surface area contributed by atoms with Gasteiger partial charge < -0.3 is 14.3 Å². The topological polar surface area (TPSA) is 52.6 Å². The average Bonchev–Trinajstić information content (AvgIpc) is 2.28. The third-order valence-corrected chi connectivity index (χ3v) is 2.99. The monoisotopic (exact) mass is 234 g/mol. The fourth-order valence-corrected chi connectivity index (χ4v) is 1.97. The van der Waals surface area contributed by atoms with Gasteiger partial charge in [0.1, 0.15) is 29.3 Å². The van der Waals surface area contributed by atoms with E-state index in [0.29, 0.717) is 23.3 Å². The zero-order chi connectivity index (χ0) is 12.6. The number of hydrogen-bond acceptors (Lipinski definition) is 4. The highest BCUT2D eigenvalue weighted by Crippen LogP contribution is 2.37. The Balaban J connectivity index is 2.53. The molecule has 1 aliphatic rings. The van der Waals surface area contributed by atoms with Gasteiger partial charge in [-0.15, -0.1) is 0 Å². The molecule has 0 bridgehead atoms. The molecule has 1 aromatic rings. The molecule has 0 aromatic heterocycles. The van der Waals surface area contributed by atoms with Gasteiger partial charge in [0.2, 0.25) is 0 Å². The Morgan fingerprint density at radius 1 is 1.41 bits per heavy atom. The molecule has 1 heterocycles. The predicted molar refractivity (Wildman–Crippen MR) is 61.6 cm³/mol. The molecule has 17 heavy (non-hydrogen) atoms. The summed E-state index contributed by atoms with van der Waals surface area (Å²) in [5.41, 5.74) is -0.402. The number of aldehydes is 1. The minimum Gasteiger partial charge on any atom is -0.497 e. The first kappa shape index (κ1) is 11.6. The van der Waals surface area contributed by atoms with Crippen LogP contribution >= 0.6 is 0 Å². The van der Waals surface area contributed by atoms with Gasteiger partial charge in [0.25, 0.3) is 0 Å². The lowest BCUT2D eigenvalue weighted by atomic mass is 9.82. The van der Waals surface area contributed by atoms with Crippen LogP contribution in [-0.4, -0.2) is 24.8 Å². The van der Waals surface area contributed by atoms with E-state index in [1.807, 2.05) is 0 Å². The Bertz CT molecular complexity index is 476. The predicted octanol–water partition coefficient (Wildman–Crippen LogP) is 1.86. The molecule has 2 rings (SSSR count). The Morgan fingerprint density at radius 3 is 2.71 bits per heavy atom. The van der Waals surface area contributed by atoms with E-state index in [4.69, 9.17) is 9.47 Å². The molecule has 90 valence electrons. The van der Waals surface area contributed by atoms with Crippen LogP contribution in [0.25, 0.3) is 0 Å². The number of ether oxygens (including phenoxy) is 2. The summed E-state index contributed by atoms with van der Waals surface area (Å²) in [5, 5.41) is 0. The molecule has 4 nitrogen and oxygen atoms in total. The van der Waals surface area contributed by atoms with E-state index >= 15 is 0 Å². The van der Waals surface area contributed by atoms with Crippen LogP contribution in [0.4, 0.5) is 0 Å². The van der Waals surface area contributed by atoms with Crippen molar-refractivity contribution in [2.24, 2.45) is 5.92 Å². The molecular weight excluding hydrogens is 220 g/mol. The molecular formula is C13H14O4. The van der Waals surface area contributed by atoms with Crippen molar-refractivity contribution >= 4 is 12.1 Å². The summed E-state index contributed by atoms with van der Waals surface area (Å²) in [5.74, 6) is 0.0798. The van der Waals surface area contributed by atoms with Crippen LogP contribution in [-0.2, 0) is 4.79 Å². The second kappa shape index (κ2) is 3.87. The quantitative estimate of drug-likeness (QED) is 0.579. The maximum Gasteiger partial charge on any atom is 0.180 e. The van der Waals surface area contributed by atoms with E-state index in [9.17, 15) is 9.59 Å². The fourth-order valence-electron chi connectivity index (χ4n) is 1.97. The Kier molecular flexibility index (Phi) is 2.65. The van der Waals surface area contributed by atoms with Crippen molar-refractivity contribution < 1.29 is 19.1 Å². The summed E-state index contributed by atoms with van der Waals surface area (Å²) in [6, 6.07) is 5.02. The number of fused-ring (bicyclic) bond motifs is 1. The summed E-state index contributed by atoms with van der Waals surface area (Å²) >= 11 is 0. The smallest absolute Gasteiger partial charge is 0.180 e. The number of methoxy groups -OCH3 is 1. The first-order valence-corrected chi connectivity index (χ1v) is 5.36. The van der Waals surface area contributed by atoms with Crippen LogP contribution in [0, 0.1) is 5.92 Å². The van der Waals surface area contributed by atoms with Crippen LogP contribution < -0.4 is 9.47 Å². The van der Waals surface area contributed by atoms with Crippen LogP contribution in [0.2, 0.25) is 0 Å². The van der Waals surface area contributed by atoms with Crippen molar-refractivity contribution in [3.05, 3.63) is 23.8 Å². The molecule has 1 unspecified atom stereocenters. The summed E-state index contributed by atoms with van der Waals surface area (Å²) in [7, 11) is 1.52. The molecule has 1 aliphatic heterocycles. The second-order valence-electron chi connectivity index (χ2n) is 4.55. The maximum atomic E-state index is 12.2. The lowest BCUT2D eigenvalue weighted by Gasteiger charge is -2.36. The van der Waals surface area contributed by atoms with Crippen molar-refractivity contribution in [3.63, 3.8) is 0 Å².